The molecule has 1 fully saturated rings. The second kappa shape index (κ2) is 14.8. The van der Waals surface area contributed by atoms with E-state index < -0.39 is 5.97 Å². The van der Waals surface area contributed by atoms with Crippen LogP contribution in [0.5, 0.6) is 0 Å². The lowest BCUT2D eigenvalue weighted by Crippen LogP contribution is -2.20. The van der Waals surface area contributed by atoms with Crippen LogP contribution < -0.4 is 0 Å². The van der Waals surface area contributed by atoms with Gasteiger partial charge in [-0.25, -0.2) is 0 Å². The number of carboxylic acid groups (broad SMARTS) is 1. The van der Waals surface area contributed by atoms with Gasteiger partial charge in [-0.15, -0.1) is 0 Å². The highest BCUT2D eigenvalue weighted by molar-refractivity contribution is 5.66. The Hall–Kier alpha value is -1.35. The van der Waals surface area contributed by atoms with Crippen LogP contribution >= 0.6 is 0 Å². The first-order valence-electron chi connectivity index (χ1n) is 10.5. The topological polar surface area (TPSA) is 57.5 Å². The highest BCUT2D eigenvalue weighted by Gasteiger charge is 2.34. The highest BCUT2D eigenvalue weighted by atomic mass is 16.4. The molecule has 0 spiro atoms. The Morgan fingerprint density at radius 3 is 2.38 bits per heavy atom. The molecule has 3 heteroatoms. The number of aliphatic hydroxyl groups excluding tert-OH is 1. The third-order valence-corrected chi connectivity index (χ3v) is 5.01. The van der Waals surface area contributed by atoms with Crippen LogP contribution in [0.4, 0.5) is 0 Å². The molecule has 1 aliphatic rings. The third-order valence-electron chi connectivity index (χ3n) is 5.01. The molecule has 2 atom stereocenters. The summed E-state index contributed by atoms with van der Waals surface area (Å²) in [5.74, 6) is 0.365. The van der Waals surface area contributed by atoms with Crippen molar-refractivity contribution in [2.45, 2.75) is 90.1 Å². The lowest BCUT2D eigenvalue weighted by Gasteiger charge is -2.19. The van der Waals surface area contributed by atoms with Crippen molar-refractivity contribution in [3.63, 3.8) is 0 Å². The Morgan fingerprint density at radius 1 is 1.00 bits per heavy atom. The molecule has 2 N–H and O–H groups in total. The molecule has 0 aromatic heterocycles. The van der Waals surface area contributed by atoms with Crippen molar-refractivity contribution in [2.75, 3.05) is 0 Å². The minimum Gasteiger partial charge on any atom is -0.481 e. The number of hydrogen-bond donors (Lipinski definition) is 2. The van der Waals surface area contributed by atoms with Crippen molar-refractivity contribution in [1.29, 1.82) is 0 Å². The van der Waals surface area contributed by atoms with Crippen LogP contribution in [0.15, 0.2) is 36.5 Å². The molecule has 26 heavy (non-hydrogen) atoms. The maximum Gasteiger partial charge on any atom is 0.303 e. The molecule has 0 heterocycles. The van der Waals surface area contributed by atoms with Gasteiger partial charge < -0.3 is 10.2 Å². The summed E-state index contributed by atoms with van der Waals surface area (Å²) < 4.78 is 0. The smallest absolute Gasteiger partial charge is 0.303 e. The molecule has 0 aromatic carbocycles. The summed E-state index contributed by atoms with van der Waals surface area (Å²) in [7, 11) is 0. The summed E-state index contributed by atoms with van der Waals surface area (Å²) in [5.41, 5.74) is 0. The first-order chi connectivity index (χ1) is 12.6. The molecule has 3 nitrogen and oxygen atoms in total. The number of allylic oxidation sites excluding steroid dienone is 5. The van der Waals surface area contributed by atoms with E-state index in [0.29, 0.717) is 18.3 Å². The van der Waals surface area contributed by atoms with Gasteiger partial charge in [0.15, 0.2) is 0 Å². The molecule has 0 unspecified atom stereocenters. The Balaban J connectivity index is 2.20. The molecule has 0 bridgehead atoms. The molecule has 0 amide bonds. The Bertz CT molecular complexity index is 446. The molecule has 1 rings (SSSR count). The minimum atomic E-state index is -0.733. The fraction of sp³-hybridized carbons (Fsp3) is 0.696. The number of carboxylic acids is 1. The van der Waals surface area contributed by atoms with E-state index in [9.17, 15) is 9.90 Å². The van der Waals surface area contributed by atoms with Crippen molar-refractivity contribution >= 4 is 5.97 Å². The largest absolute Gasteiger partial charge is 0.481 e. The van der Waals surface area contributed by atoms with E-state index in [0.717, 1.165) is 25.7 Å². The van der Waals surface area contributed by atoms with E-state index in [1.54, 1.807) is 0 Å². The number of aliphatic carboxylic acids is 1. The number of carbonyl (C=O) groups is 1. The fourth-order valence-corrected chi connectivity index (χ4v) is 3.27. The van der Waals surface area contributed by atoms with Crippen LogP contribution in [-0.2, 0) is 4.79 Å². The van der Waals surface area contributed by atoms with Gasteiger partial charge in [-0.05, 0) is 69.6 Å². The van der Waals surface area contributed by atoms with Gasteiger partial charge in [0.25, 0.3) is 0 Å². The van der Waals surface area contributed by atoms with Gasteiger partial charge in [-0.1, -0.05) is 56.2 Å². The fourth-order valence-electron chi connectivity index (χ4n) is 3.27. The molecule has 0 aromatic rings. The van der Waals surface area contributed by atoms with Gasteiger partial charge in [0.1, 0.15) is 0 Å². The molecule has 148 valence electrons. The Morgan fingerprint density at radius 2 is 1.69 bits per heavy atom. The van der Waals surface area contributed by atoms with E-state index >= 15 is 0 Å². The number of unbranched alkanes of at least 4 members (excludes halogenated alkanes) is 4. The van der Waals surface area contributed by atoms with Gasteiger partial charge in [0, 0.05) is 6.42 Å². The van der Waals surface area contributed by atoms with Gasteiger partial charge in [-0.3, -0.25) is 4.79 Å². The average Bonchev–Trinajstić information content (AvgIpc) is 3.44. The Labute approximate surface area is 159 Å². The van der Waals surface area contributed by atoms with Gasteiger partial charge in [0.05, 0.1) is 6.10 Å². The van der Waals surface area contributed by atoms with E-state index in [-0.39, 0.29) is 12.5 Å². The van der Waals surface area contributed by atoms with Crippen LogP contribution in [0, 0.1) is 11.8 Å². The maximum atomic E-state index is 10.5. The zero-order valence-corrected chi connectivity index (χ0v) is 16.5. The van der Waals surface area contributed by atoms with Gasteiger partial charge >= 0.3 is 5.97 Å². The van der Waals surface area contributed by atoms with Crippen LogP contribution in [-0.4, -0.2) is 22.3 Å². The van der Waals surface area contributed by atoms with E-state index in [4.69, 9.17) is 5.11 Å². The van der Waals surface area contributed by atoms with Crippen molar-refractivity contribution in [2.24, 2.45) is 11.8 Å². The van der Waals surface area contributed by atoms with Gasteiger partial charge in [-0.2, -0.15) is 0 Å². The average molecular weight is 363 g/mol. The summed E-state index contributed by atoms with van der Waals surface area (Å²) in [6.45, 7) is 2.23. The first-order valence-corrected chi connectivity index (χ1v) is 10.5. The summed E-state index contributed by atoms with van der Waals surface area (Å²) in [5, 5.41) is 19.1. The lowest BCUT2D eigenvalue weighted by molar-refractivity contribution is -0.137. The second-order valence-electron chi connectivity index (χ2n) is 7.46. The lowest BCUT2D eigenvalue weighted by atomic mass is 9.91. The van der Waals surface area contributed by atoms with Crippen LogP contribution in [0.25, 0.3) is 0 Å². The van der Waals surface area contributed by atoms with Gasteiger partial charge in [0.2, 0.25) is 0 Å². The number of rotatable bonds is 16. The summed E-state index contributed by atoms with van der Waals surface area (Å²) >= 11 is 0. The number of hydrogen-bond acceptors (Lipinski definition) is 2. The predicted molar refractivity (Wildman–Crippen MR) is 109 cm³/mol. The Kier molecular flexibility index (Phi) is 12.9. The van der Waals surface area contributed by atoms with Crippen LogP contribution in [0.2, 0.25) is 0 Å². The van der Waals surface area contributed by atoms with Crippen LogP contribution in [0.3, 0.4) is 0 Å². The minimum absolute atomic E-state index is 0.231. The molecular weight excluding hydrogens is 324 g/mol. The second-order valence-corrected chi connectivity index (χ2v) is 7.46. The monoisotopic (exact) mass is 362 g/mol. The normalized spacial score (nSPS) is 17.5. The summed E-state index contributed by atoms with van der Waals surface area (Å²) in [4.78, 5) is 10.4. The third kappa shape index (κ3) is 12.1. The molecular formula is C23H38O3. The van der Waals surface area contributed by atoms with E-state index in [2.05, 4.69) is 25.2 Å². The van der Waals surface area contributed by atoms with Crippen molar-refractivity contribution < 1.29 is 15.0 Å². The summed E-state index contributed by atoms with van der Waals surface area (Å²) in [6.07, 6.45) is 24.6. The van der Waals surface area contributed by atoms with E-state index in [1.807, 2.05) is 18.2 Å². The van der Waals surface area contributed by atoms with Crippen molar-refractivity contribution in [3.8, 4) is 0 Å². The van der Waals surface area contributed by atoms with Crippen LogP contribution in [0.1, 0.15) is 84.0 Å². The summed E-state index contributed by atoms with van der Waals surface area (Å²) in [6, 6.07) is 0. The standard InChI is InChI=1S/C23H38O3/c1-2-3-4-5-6-9-12-15-21(20-18-19-20)22(24)16-13-10-7-8-11-14-17-23(25)26/h6-9,13,16,20-22,24H,2-5,10-12,14-15,17-19H2,1H3,(H,25,26)/b8-7-,9-6-,16-13-/t21-,22+/m0/s1. The molecule has 0 radical (unpaired) electrons. The molecule has 1 saturated carbocycles. The molecule has 1 aliphatic carbocycles. The van der Waals surface area contributed by atoms with E-state index in [1.165, 1.54) is 38.5 Å². The number of aliphatic hydroxyl groups is 1. The quantitative estimate of drug-likeness (QED) is 0.260. The molecule has 0 saturated heterocycles. The zero-order chi connectivity index (χ0) is 19.0. The van der Waals surface area contributed by atoms with Crippen molar-refractivity contribution in [1.82, 2.24) is 0 Å². The zero-order valence-electron chi connectivity index (χ0n) is 16.5. The maximum absolute atomic E-state index is 10.5. The predicted octanol–water partition coefficient (Wildman–Crippen LogP) is 6.05. The highest BCUT2D eigenvalue weighted by Crippen LogP contribution is 2.41. The SMILES string of the molecule is CCCCC/C=C\CC[C@@H](C1CC1)[C@H](O)/C=C\C/C=C\CCCC(=O)O. The first kappa shape index (κ1) is 22.7. The molecule has 0 aliphatic heterocycles. The van der Waals surface area contributed by atoms with Crippen molar-refractivity contribution in [3.05, 3.63) is 36.5 Å².